The Hall–Kier alpha value is -3.61. The number of aromatic nitrogens is 2. The van der Waals surface area contributed by atoms with E-state index in [9.17, 15) is 9.59 Å². The summed E-state index contributed by atoms with van der Waals surface area (Å²) in [5, 5.41) is 17.5. The van der Waals surface area contributed by atoms with Crippen LogP contribution in [0, 0.1) is 12.8 Å². The maximum absolute atomic E-state index is 12.7. The predicted molar refractivity (Wildman–Crippen MR) is 141 cm³/mol. The fourth-order valence-corrected chi connectivity index (χ4v) is 5.08. The second kappa shape index (κ2) is 11.9. The van der Waals surface area contributed by atoms with Crippen LogP contribution in [0.15, 0.2) is 60.8 Å². The Kier molecular flexibility index (Phi) is 8.41. The molecule has 1 unspecified atom stereocenters. The van der Waals surface area contributed by atoms with Gasteiger partial charge in [0.05, 0.1) is 24.7 Å². The first-order valence-electron chi connectivity index (χ1n) is 12.8. The van der Waals surface area contributed by atoms with Crippen LogP contribution in [0.25, 0.3) is 0 Å². The minimum atomic E-state index is -0.912. The molecule has 1 aromatic heterocycles. The molecule has 1 aliphatic carbocycles. The van der Waals surface area contributed by atoms with E-state index in [1.54, 1.807) is 7.05 Å². The van der Waals surface area contributed by atoms with Gasteiger partial charge in [0, 0.05) is 36.6 Å². The summed E-state index contributed by atoms with van der Waals surface area (Å²) in [6.07, 6.45) is 8.28. The maximum Gasteiger partial charge on any atom is 0.305 e. The van der Waals surface area contributed by atoms with E-state index in [4.69, 9.17) is 10.2 Å². The van der Waals surface area contributed by atoms with Gasteiger partial charge in [-0.3, -0.25) is 14.3 Å². The van der Waals surface area contributed by atoms with Gasteiger partial charge in [0.15, 0.2) is 0 Å². The summed E-state index contributed by atoms with van der Waals surface area (Å²) in [5.74, 6) is -0.565. The highest BCUT2D eigenvalue weighted by atomic mass is 16.4. The zero-order valence-electron chi connectivity index (χ0n) is 21.2. The lowest BCUT2D eigenvalue weighted by Gasteiger charge is -2.31. The number of benzene rings is 2. The van der Waals surface area contributed by atoms with Gasteiger partial charge in [-0.1, -0.05) is 49.6 Å². The number of amides is 1. The van der Waals surface area contributed by atoms with Gasteiger partial charge in [-0.05, 0) is 55.5 Å². The van der Waals surface area contributed by atoms with Gasteiger partial charge in [-0.15, -0.1) is 0 Å². The van der Waals surface area contributed by atoms with Crippen LogP contribution in [0.3, 0.4) is 0 Å². The molecule has 1 aliphatic rings. The summed E-state index contributed by atoms with van der Waals surface area (Å²) in [4.78, 5) is 24.9. The highest BCUT2D eigenvalue weighted by molar-refractivity contribution is 5.94. The molecule has 7 nitrogen and oxygen atoms in total. The van der Waals surface area contributed by atoms with Crippen LogP contribution in [0.4, 0.5) is 5.69 Å². The smallest absolute Gasteiger partial charge is 0.305 e. The first-order valence-corrected chi connectivity index (χ1v) is 12.8. The highest BCUT2D eigenvalue weighted by Gasteiger charge is 2.28. The molecule has 2 N–H and O–H groups in total. The zero-order valence-corrected chi connectivity index (χ0v) is 21.2. The molecule has 0 radical (unpaired) electrons. The second-order valence-electron chi connectivity index (χ2n) is 9.82. The number of anilines is 1. The highest BCUT2D eigenvalue weighted by Crippen LogP contribution is 2.38. The van der Waals surface area contributed by atoms with Crippen molar-refractivity contribution in [3.8, 4) is 0 Å². The van der Waals surface area contributed by atoms with E-state index in [0.29, 0.717) is 11.5 Å². The minimum Gasteiger partial charge on any atom is -0.481 e. The van der Waals surface area contributed by atoms with E-state index in [1.807, 2.05) is 35.0 Å². The number of nitrogens with one attached hydrogen (secondary N) is 1. The molecular formula is C29H36N4O3. The van der Waals surface area contributed by atoms with Gasteiger partial charge in [0.25, 0.3) is 5.91 Å². The molecule has 4 rings (SSSR count). The summed E-state index contributed by atoms with van der Waals surface area (Å²) in [5.41, 5.74) is 5.01. The number of rotatable bonds is 10. The normalized spacial score (nSPS) is 14.8. The SMILES string of the molecule is Cc1nn(Cc2ccccc2)cc1C(Nc1ccc(C(=O)N(C)CCC(=O)O)cc1)C1CCCCC1. The minimum absolute atomic E-state index is 0.0672. The van der Waals surface area contributed by atoms with Gasteiger partial charge in [0.1, 0.15) is 0 Å². The number of carboxylic acid groups (broad SMARTS) is 1. The molecular weight excluding hydrogens is 452 g/mol. The van der Waals surface area contributed by atoms with E-state index in [-0.39, 0.29) is 24.9 Å². The van der Waals surface area contributed by atoms with Gasteiger partial charge >= 0.3 is 5.97 Å². The molecule has 1 heterocycles. The summed E-state index contributed by atoms with van der Waals surface area (Å²) in [6.45, 7) is 3.01. The van der Waals surface area contributed by atoms with Crippen LogP contribution >= 0.6 is 0 Å². The van der Waals surface area contributed by atoms with Crippen LogP contribution in [-0.4, -0.2) is 45.3 Å². The van der Waals surface area contributed by atoms with Crippen LogP contribution < -0.4 is 5.32 Å². The Morgan fingerprint density at radius 3 is 2.44 bits per heavy atom. The molecule has 36 heavy (non-hydrogen) atoms. The molecule has 1 amide bonds. The molecule has 0 bridgehead atoms. The quantitative estimate of drug-likeness (QED) is 0.392. The largest absolute Gasteiger partial charge is 0.481 e. The Morgan fingerprint density at radius 1 is 1.08 bits per heavy atom. The van der Waals surface area contributed by atoms with E-state index in [2.05, 4.69) is 42.7 Å². The standard InChI is InChI=1S/C29H36N4O3/c1-21-26(20-33(31-21)19-22-9-5-3-6-10-22)28(23-11-7-4-8-12-23)30-25-15-13-24(14-16-25)29(36)32(2)18-17-27(34)35/h3,5-6,9-10,13-16,20,23,28,30H,4,7-8,11-12,17-19H2,1-2H3,(H,34,35). The van der Waals surface area contributed by atoms with Gasteiger partial charge in [-0.2, -0.15) is 5.10 Å². The molecule has 0 saturated heterocycles. The fraction of sp³-hybridized carbons (Fsp3) is 0.414. The van der Waals surface area contributed by atoms with E-state index in [1.165, 1.54) is 48.1 Å². The van der Waals surface area contributed by atoms with Crippen LogP contribution in [-0.2, 0) is 11.3 Å². The molecule has 190 valence electrons. The third kappa shape index (κ3) is 6.53. The van der Waals surface area contributed by atoms with Crippen molar-refractivity contribution in [2.24, 2.45) is 5.92 Å². The molecule has 2 aromatic carbocycles. The Morgan fingerprint density at radius 2 is 1.78 bits per heavy atom. The average molecular weight is 489 g/mol. The Labute approximate surface area is 213 Å². The molecule has 7 heteroatoms. The number of aliphatic carboxylic acids is 1. The fourth-order valence-electron chi connectivity index (χ4n) is 5.08. The van der Waals surface area contributed by atoms with Crippen LogP contribution in [0.5, 0.6) is 0 Å². The average Bonchev–Trinajstić information content (AvgIpc) is 3.26. The predicted octanol–water partition coefficient (Wildman–Crippen LogP) is 5.52. The lowest BCUT2D eigenvalue weighted by atomic mass is 9.81. The number of nitrogens with zero attached hydrogens (tertiary/aromatic N) is 3. The van der Waals surface area contributed by atoms with E-state index < -0.39 is 5.97 Å². The number of carbonyl (C=O) groups excluding carboxylic acids is 1. The molecule has 1 atom stereocenters. The zero-order chi connectivity index (χ0) is 25.5. The van der Waals surface area contributed by atoms with Crippen molar-refractivity contribution < 1.29 is 14.7 Å². The lowest BCUT2D eigenvalue weighted by molar-refractivity contribution is -0.137. The maximum atomic E-state index is 12.7. The van der Waals surface area contributed by atoms with Gasteiger partial charge in [-0.25, -0.2) is 0 Å². The van der Waals surface area contributed by atoms with E-state index >= 15 is 0 Å². The van der Waals surface area contributed by atoms with Gasteiger partial charge in [0.2, 0.25) is 0 Å². The Balaban J connectivity index is 1.51. The third-order valence-corrected chi connectivity index (χ3v) is 7.09. The van der Waals surface area contributed by atoms with Crippen molar-refractivity contribution in [2.75, 3.05) is 18.9 Å². The monoisotopic (exact) mass is 488 g/mol. The first kappa shape index (κ1) is 25.5. The van der Waals surface area contributed by atoms with Crippen molar-refractivity contribution in [3.63, 3.8) is 0 Å². The number of aryl methyl sites for hydroxylation is 1. The third-order valence-electron chi connectivity index (χ3n) is 7.09. The lowest BCUT2D eigenvalue weighted by Crippen LogP contribution is -2.29. The van der Waals surface area contributed by atoms with Crippen molar-refractivity contribution in [1.82, 2.24) is 14.7 Å². The van der Waals surface area contributed by atoms with Crippen molar-refractivity contribution in [1.29, 1.82) is 0 Å². The second-order valence-corrected chi connectivity index (χ2v) is 9.82. The summed E-state index contributed by atoms with van der Waals surface area (Å²) < 4.78 is 2.03. The number of carboxylic acids is 1. The Bertz CT molecular complexity index is 1150. The molecule has 3 aromatic rings. The first-order chi connectivity index (χ1) is 17.4. The number of carbonyl (C=O) groups is 2. The van der Waals surface area contributed by atoms with Crippen LogP contribution in [0.2, 0.25) is 0 Å². The summed E-state index contributed by atoms with van der Waals surface area (Å²) in [6, 6.07) is 18.0. The molecule has 0 spiro atoms. The van der Waals surface area contributed by atoms with E-state index in [0.717, 1.165) is 17.9 Å². The van der Waals surface area contributed by atoms with Gasteiger partial charge < -0.3 is 15.3 Å². The summed E-state index contributed by atoms with van der Waals surface area (Å²) >= 11 is 0. The van der Waals surface area contributed by atoms with Crippen molar-refractivity contribution in [3.05, 3.63) is 83.2 Å². The van der Waals surface area contributed by atoms with Crippen molar-refractivity contribution in [2.45, 2.75) is 58.0 Å². The topological polar surface area (TPSA) is 87.5 Å². The molecule has 0 aliphatic heterocycles. The summed E-state index contributed by atoms with van der Waals surface area (Å²) in [7, 11) is 1.63. The van der Waals surface area contributed by atoms with Crippen molar-refractivity contribution >= 4 is 17.6 Å². The number of hydrogen-bond donors (Lipinski definition) is 2. The number of hydrogen-bond acceptors (Lipinski definition) is 4. The molecule has 1 saturated carbocycles. The van der Waals surface area contributed by atoms with Crippen LogP contribution in [0.1, 0.15) is 71.7 Å². The molecule has 1 fully saturated rings.